The maximum absolute atomic E-state index is 12.3. The third-order valence-electron chi connectivity index (χ3n) is 3.89. The number of nitrogens with one attached hydrogen (secondary N) is 1. The molecule has 0 heterocycles. The molecule has 2 rings (SSSR count). The van der Waals surface area contributed by atoms with Crippen molar-refractivity contribution in [3.8, 4) is 0 Å². The maximum Gasteiger partial charge on any atom is 0.295 e. The molecule has 0 bridgehead atoms. The van der Waals surface area contributed by atoms with E-state index in [1.165, 1.54) is 6.07 Å². The van der Waals surface area contributed by atoms with Gasteiger partial charge in [-0.05, 0) is 23.9 Å². The summed E-state index contributed by atoms with van der Waals surface area (Å²) < 4.78 is 32.6. The Morgan fingerprint density at radius 2 is 1.77 bits per heavy atom. The van der Waals surface area contributed by atoms with E-state index in [1.54, 1.807) is 30.3 Å². The van der Waals surface area contributed by atoms with Crippen molar-refractivity contribution in [3.63, 3.8) is 0 Å². The molecule has 1 amide bonds. The Kier molecular flexibility index (Phi) is 4.26. The molecular weight excluding hydrogens is 302 g/mol. The van der Waals surface area contributed by atoms with Gasteiger partial charge in [0.15, 0.2) is 0 Å². The van der Waals surface area contributed by atoms with E-state index in [1.807, 2.05) is 20.8 Å². The Hall–Kier alpha value is -1.92. The van der Waals surface area contributed by atoms with Gasteiger partial charge in [-0.3, -0.25) is 9.35 Å². The van der Waals surface area contributed by atoms with Gasteiger partial charge in [0.1, 0.15) is 4.90 Å². The first-order valence-corrected chi connectivity index (χ1v) is 8.41. The Labute approximate surface area is 130 Å². The van der Waals surface area contributed by atoms with Crippen LogP contribution >= 0.6 is 0 Å². The normalized spacial score (nSPS) is 12.4. The van der Waals surface area contributed by atoms with Crippen molar-refractivity contribution in [2.75, 3.05) is 5.32 Å². The lowest BCUT2D eigenvalue weighted by atomic mass is 9.89. The predicted molar refractivity (Wildman–Crippen MR) is 86.5 cm³/mol. The van der Waals surface area contributed by atoms with Crippen LogP contribution in [0.15, 0.2) is 41.3 Å². The molecule has 0 radical (unpaired) electrons. The lowest BCUT2D eigenvalue weighted by Crippen LogP contribution is -2.30. The van der Waals surface area contributed by atoms with Crippen molar-refractivity contribution in [2.45, 2.75) is 32.1 Å². The molecule has 0 fully saturated rings. The molecule has 0 aromatic heterocycles. The summed E-state index contributed by atoms with van der Waals surface area (Å²) in [4.78, 5) is 12.1. The molecule has 0 unspecified atom stereocenters. The summed E-state index contributed by atoms with van der Waals surface area (Å²) in [5.41, 5.74) is -0.202. The van der Waals surface area contributed by atoms with Gasteiger partial charge in [0, 0.05) is 16.5 Å². The number of benzene rings is 2. The minimum atomic E-state index is -4.38. The first-order chi connectivity index (χ1) is 10.2. The Morgan fingerprint density at radius 1 is 1.18 bits per heavy atom. The molecule has 0 atom stereocenters. The first kappa shape index (κ1) is 16.5. The lowest BCUT2D eigenvalue weighted by molar-refractivity contribution is -0.124. The van der Waals surface area contributed by atoms with Crippen molar-refractivity contribution in [2.24, 2.45) is 5.41 Å². The number of carbonyl (C=O) groups is 1. The molecule has 6 heteroatoms. The van der Waals surface area contributed by atoms with Crippen LogP contribution in [-0.4, -0.2) is 18.9 Å². The number of fused-ring (bicyclic) bond motifs is 1. The van der Waals surface area contributed by atoms with Gasteiger partial charge in [0.05, 0.1) is 0 Å². The summed E-state index contributed by atoms with van der Waals surface area (Å²) in [6.07, 6.45) is 0.648. The summed E-state index contributed by atoms with van der Waals surface area (Å²) >= 11 is 0. The molecule has 2 aromatic rings. The lowest BCUT2D eigenvalue weighted by Gasteiger charge is -2.22. The highest BCUT2D eigenvalue weighted by Crippen LogP contribution is 2.31. The molecule has 0 saturated heterocycles. The fourth-order valence-electron chi connectivity index (χ4n) is 2.08. The van der Waals surface area contributed by atoms with Crippen LogP contribution in [0.1, 0.15) is 27.2 Å². The van der Waals surface area contributed by atoms with E-state index in [9.17, 15) is 17.8 Å². The van der Waals surface area contributed by atoms with E-state index in [-0.39, 0.29) is 10.8 Å². The molecule has 0 aliphatic heterocycles. The van der Waals surface area contributed by atoms with Gasteiger partial charge in [-0.25, -0.2) is 0 Å². The minimum absolute atomic E-state index is 0.201. The zero-order chi connectivity index (χ0) is 16.5. The topological polar surface area (TPSA) is 83.5 Å². The zero-order valence-corrected chi connectivity index (χ0v) is 13.6. The smallest absolute Gasteiger partial charge is 0.295 e. The maximum atomic E-state index is 12.3. The van der Waals surface area contributed by atoms with Gasteiger partial charge < -0.3 is 5.32 Å². The van der Waals surface area contributed by atoms with Crippen LogP contribution in [0.5, 0.6) is 0 Å². The van der Waals surface area contributed by atoms with Gasteiger partial charge in [0.2, 0.25) is 5.91 Å². The largest absolute Gasteiger partial charge is 0.325 e. The van der Waals surface area contributed by atoms with Crippen molar-refractivity contribution in [3.05, 3.63) is 36.4 Å². The quantitative estimate of drug-likeness (QED) is 0.845. The van der Waals surface area contributed by atoms with Crippen molar-refractivity contribution in [1.82, 2.24) is 0 Å². The predicted octanol–water partition coefficient (Wildman–Crippen LogP) is 3.46. The molecule has 2 N–H and O–H groups in total. The van der Waals surface area contributed by atoms with Crippen molar-refractivity contribution in [1.29, 1.82) is 0 Å². The SMILES string of the molecule is CCC(C)(C)C(=O)Nc1cccc2cccc(S(=O)(=O)O)c12. The van der Waals surface area contributed by atoms with E-state index in [0.717, 1.165) is 0 Å². The van der Waals surface area contributed by atoms with Gasteiger partial charge in [0.25, 0.3) is 10.1 Å². The molecule has 22 heavy (non-hydrogen) atoms. The Morgan fingerprint density at radius 3 is 2.32 bits per heavy atom. The van der Waals surface area contributed by atoms with Crippen LogP contribution in [0.2, 0.25) is 0 Å². The second kappa shape index (κ2) is 5.70. The van der Waals surface area contributed by atoms with Crippen molar-refractivity contribution >= 4 is 32.5 Å². The molecule has 2 aromatic carbocycles. The van der Waals surface area contributed by atoms with Crippen LogP contribution in [0.3, 0.4) is 0 Å². The Balaban J connectivity index is 2.63. The number of anilines is 1. The van der Waals surface area contributed by atoms with Crippen molar-refractivity contribution < 1.29 is 17.8 Å². The van der Waals surface area contributed by atoms with Gasteiger partial charge in [-0.15, -0.1) is 0 Å². The van der Waals surface area contributed by atoms with E-state index < -0.39 is 15.5 Å². The third-order valence-corrected chi connectivity index (χ3v) is 4.79. The third kappa shape index (κ3) is 3.13. The van der Waals surface area contributed by atoms with Gasteiger partial charge >= 0.3 is 0 Å². The van der Waals surface area contributed by atoms with Crippen LogP contribution in [0, 0.1) is 5.41 Å². The standard InChI is InChI=1S/C16H19NO4S/c1-4-16(2,3)15(18)17-12-9-5-7-11-8-6-10-13(14(11)12)22(19,20)21/h5-10H,4H2,1-3H3,(H,17,18)(H,19,20,21). The van der Waals surface area contributed by atoms with E-state index in [2.05, 4.69) is 5.32 Å². The number of hydrogen-bond donors (Lipinski definition) is 2. The monoisotopic (exact) mass is 321 g/mol. The molecule has 0 aliphatic carbocycles. The van der Waals surface area contributed by atoms with E-state index >= 15 is 0 Å². The number of amides is 1. The number of rotatable bonds is 4. The fraction of sp³-hybridized carbons (Fsp3) is 0.312. The highest BCUT2D eigenvalue weighted by molar-refractivity contribution is 7.86. The van der Waals surface area contributed by atoms with Crippen LogP contribution in [-0.2, 0) is 14.9 Å². The highest BCUT2D eigenvalue weighted by Gasteiger charge is 2.26. The molecule has 0 aliphatic rings. The van der Waals surface area contributed by atoms with Gasteiger partial charge in [-0.2, -0.15) is 8.42 Å². The second-order valence-corrected chi connectivity index (χ2v) is 7.22. The molecule has 0 saturated carbocycles. The van der Waals surface area contributed by atoms with E-state index in [4.69, 9.17) is 0 Å². The summed E-state index contributed by atoms with van der Waals surface area (Å²) in [6, 6.07) is 9.67. The Bertz CT molecular complexity index is 820. The van der Waals surface area contributed by atoms with Crippen LogP contribution in [0.4, 0.5) is 5.69 Å². The molecule has 5 nitrogen and oxygen atoms in total. The summed E-state index contributed by atoms with van der Waals surface area (Å²) in [6.45, 7) is 5.54. The van der Waals surface area contributed by atoms with Crippen LogP contribution < -0.4 is 5.32 Å². The second-order valence-electron chi connectivity index (χ2n) is 5.83. The number of carbonyl (C=O) groups excluding carboxylic acids is 1. The van der Waals surface area contributed by atoms with E-state index in [0.29, 0.717) is 22.9 Å². The summed E-state index contributed by atoms with van der Waals surface area (Å²) in [5, 5.41) is 3.71. The fourth-order valence-corrected chi connectivity index (χ4v) is 2.81. The summed E-state index contributed by atoms with van der Waals surface area (Å²) in [7, 11) is -4.38. The highest BCUT2D eigenvalue weighted by atomic mass is 32.2. The minimum Gasteiger partial charge on any atom is -0.325 e. The molecular formula is C16H19NO4S. The van der Waals surface area contributed by atoms with Gasteiger partial charge in [-0.1, -0.05) is 45.0 Å². The molecule has 118 valence electrons. The summed E-state index contributed by atoms with van der Waals surface area (Å²) in [5.74, 6) is -0.201. The first-order valence-electron chi connectivity index (χ1n) is 6.97. The average Bonchev–Trinajstić information content (AvgIpc) is 2.45. The zero-order valence-electron chi connectivity index (χ0n) is 12.8. The van der Waals surface area contributed by atoms with Crippen LogP contribution in [0.25, 0.3) is 10.8 Å². The molecule has 0 spiro atoms. The average molecular weight is 321 g/mol. The number of hydrogen-bond acceptors (Lipinski definition) is 3.